The van der Waals surface area contributed by atoms with Crippen LogP contribution in [0.1, 0.15) is 16.3 Å². The molecule has 0 radical (unpaired) electrons. The van der Waals surface area contributed by atoms with Gasteiger partial charge in [0.15, 0.2) is 10.9 Å². The molecule has 2 aromatic carbocycles. The zero-order valence-electron chi connectivity index (χ0n) is 17.1. The Morgan fingerprint density at radius 2 is 1.82 bits per heavy atom. The van der Waals surface area contributed by atoms with Gasteiger partial charge in [-0.1, -0.05) is 41.7 Å². The molecule has 8 heteroatoms. The van der Waals surface area contributed by atoms with Crippen molar-refractivity contribution in [2.75, 3.05) is 10.6 Å². The monoisotopic (exact) mass is 455 g/mol. The third-order valence-electron chi connectivity index (χ3n) is 4.71. The molecule has 0 spiro atoms. The van der Waals surface area contributed by atoms with Crippen molar-refractivity contribution in [1.29, 1.82) is 0 Å². The molecule has 5 rings (SSSR count). The average molecular weight is 455 g/mol. The van der Waals surface area contributed by atoms with Gasteiger partial charge in [-0.05, 0) is 48.5 Å². The first-order chi connectivity index (χ1) is 16.1. The number of benzene rings is 2. The minimum absolute atomic E-state index is 0.210. The Balaban J connectivity index is 1.24. The summed E-state index contributed by atoms with van der Waals surface area (Å²) in [5.74, 6) is 0.871. The Labute approximate surface area is 192 Å². The number of hydrogen-bond donors (Lipinski definition) is 2. The van der Waals surface area contributed by atoms with E-state index in [0.717, 1.165) is 16.0 Å². The summed E-state index contributed by atoms with van der Waals surface area (Å²) in [7, 11) is 0. The van der Waals surface area contributed by atoms with Crippen molar-refractivity contribution in [2.24, 2.45) is 0 Å². The minimum Gasteiger partial charge on any atom is -0.459 e. The Hall–Kier alpha value is -4.43. The number of aromatic nitrogens is 1. The number of nitrogens with zero attached hydrogens (tertiary/aromatic N) is 1. The number of thiazole rings is 1. The van der Waals surface area contributed by atoms with Crippen LogP contribution < -0.4 is 10.6 Å². The van der Waals surface area contributed by atoms with E-state index in [2.05, 4.69) is 15.6 Å². The summed E-state index contributed by atoms with van der Waals surface area (Å²) in [5, 5.41) is 5.98. The molecule has 162 valence electrons. The zero-order valence-corrected chi connectivity index (χ0v) is 18.0. The minimum atomic E-state index is -0.369. The van der Waals surface area contributed by atoms with Crippen molar-refractivity contribution in [2.45, 2.75) is 0 Å². The summed E-state index contributed by atoms with van der Waals surface area (Å²) < 4.78 is 11.7. The summed E-state index contributed by atoms with van der Waals surface area (Å²) in [6.07, 6.45) is 4.47. The number of carbonyl (C=O) groups is 2. The molecule has 0 unspecified atom stereocenters. The van der Waals surface area contributed by atoms with E-state index in [1.165, 1.54) is 23.7 Å². The molecule has 0 atom stereocenters. The zero-order chi connectivity index (χ0) is 22.6. The molecule has 3 aromatic heterocycles. The van der Waals surface area contributed by atoms with Gasteiger partial charge in [-0.2, -0.15) is 0 Å². The topological polar surface area (TPSA) is 97.4 Å². The second-order valence-electron chi connectivity index (χ2n) is 7.02. The fourth-order valence-corrected chi connectivity index (χ4v) is 4.06. The third kappa shape index (κ3) is 4.76. The Bertz CT molecular complexity index is 1450. The number of amides is 2. The number of hydrogen-bond acceptors (Lipinski definition) is 6. The molecule has 0 aliphatic heterocycles. The van der Waals surface area contributed by atoms with Crippen LogP contribution in [0.25, 0.3) is 27.6 Å². The lowest BCUT2D eigenvalue weighted by Gasteiger charge is -2.01. The van der Waals surface area contributed by atoms with Gasteiger partial charge >= 0.3 is 0 Å². The highest BCUT2D eigenvalue weighted by Crippen LogP contribution is 2.29. The van der Waals surface area contributed by atoms with Crippen molar-refractivity contribution in [3.8, 4) is 11.3 Å². The van der Waals surface area contributed by atoms with Crippen LogP contribution in [0.3, 0.4) is 0 Å². The van der Waals surface area contributed by atoms with E-state index in [1.54, 1.807) is 30.3 Å². The summed E-state index contributed by atoms with van der Waals surface area (Å²) in [6.45, 7) is 0. The van der Waals surface area contributed by atoms with Gasteiger partial charge in [-0.3, -0.25) is 14.9 Å². The highest BCUT2D eigenvalue weighted by atomic mass is 32.1. The van der Waals surface area contributed by atoms with E-state index < -0.39 is 0 Å². The van der Waals surface area contributed by atoms with Gasteiger partial charge in [0, 0.05) is 17.3 Å². The fraction of sp³-hybridized carbons (Fsp3) is 0. The first-order valence-electron chi connectivity index (χ1n) is 10.0. The summed E-state index contributed by atoms with van der Waals surface area (Å²) >= 11 is 1.31. The quantitative estimate of drug-likeness (QED) is 0.304. The first-order valence-corrected chi connectivity index (χ1v) is 10.9. The number of anilines is 2. The SMILES string of the molecule is O=C(/C=C/c1ccc(-c2ccccc2)o1)Nc1ccc2nc(NC(=O)c3ccco3)sc2c1. The second kappa shape index (κ2) is 8.97. The van der Waals surface area contributed by atoms with Crippen molar-refractivity contribution in [3.63, 3.8) is 0 Å². The summed E-state index contributed by atoms with van der Waals surface area (Å²) in [6, 6.07) is 22.0. The van der Waals surface area contributed by atoms with Gasteiger partial charge in [0.2, 0.25) is 5.91 Å². The van der Waals surface area contributed by atoms with E-state index in [9.17, 15) is 9.59 Å². The van der Waals surface area contributed by atoms with Crippen LogP contribution in [-0.2, 0) is 4.79 Å². The predicted molar refractivity (Wildman–Crippen MR) is 128 cm³/mol. The van der Waals surface area contributed by atoms with E-state index in [1.807, 2.05) is 48.5 Å². The molecular formula is C25H17N3O4S. The smallest absolute Gasteiger partial charge is 0.293 e. The van der Waals surface area contributed by atoms with Gasteiger partial charge in [-0.15, -0.1) is 0 Å². The molecule has 0 aliphatic carbocycles. The number of nitrogens with one attached hydrogen (secondary N) is 2. The van der Waals surface area contributed by atoms with Crippen molar-refractivity contribution in [1.82, 2.24) is 4.98 Å². The highest BCUT2D eigenvalue weighted by Gasteiger charge is 2.12. The fourth-order valence-electron chi connectivity index (χ4n) is 3.16. The lowest BCUT2D eigenvalue weighted by atomic mass is 10.2. The molecule has 3 heterocycles. The molecule has 2 amide bonds. The first kappa shape index (κ1) is 20.5. The third-order valence-corrected chi connectivity index (χ3v) is 5.64. The molecule has 0 fully saturated rings. The average Bonchev–Trinajstić information content (AvgIpc) is 3.58. The molecule has 0 saturated heterocycles. The van der Waals surface area contributed by atoms with Crippen LogP contribution >= 0.6 is 11.3 Å². The molecule has 7 nitrogen and oxygen atoms in total. The number of furan rings is 2. The Morgan fingerprint density at radius 3 is 2.64 bits per heavy atom. The van der Waals surface area contributed by atoms with Crippen LogP contribution in [0.15, 0.2) is 94.0 Å². The normalized spacial score (nSPS) is 11.2. The van der Waals surface area contributed by atoms with Crippen molar-refractivity contribution in [3.05, 3.63) is 96.7 Å². The van der Waals surface area contributed by atoms with E-state index in [-0.39, 0.29) is 17.6 Å². The maximum atomic E-state index is 12.4. The second-order valence-corrected chi connectivity index (χ2v) is 8.05. The lowest BCUT2D eigenvalue weighted by molar-refractivity contribution is -0.111. The molecule has 0 saturated carbocycles. The van der Waals surface area contributed by atoms with Crippen LogP contribution in [0.4, 0.5) is 10.8 Å². The highest BCUT2D eigenvalue weighted by molar-refractivity contribution is 7.22. The van der Waals surface area contributed by atoms with Gasteiger partial charge in [-0.25, -0.2) is 4.98 Å². The number of fused-ring (bicyclic) bond motifs is 1. The van der Waals surface area contributed by atoms with Gasteiger partial charge in [0.1, 0.15) is 11.5 Å². The maximum Gasteiger partial charge on any atom is 0.293 e. The molecule has 0 bridgehead atoms. The van der Waals surface area contributed by atoms with Gasteiger partial charge < -0.3 is 14.2 Å². The van der Waals surface area contributed by atoms with Crippen LogP contribution in [0.2, 0.25) is 0 Å². The van der Waals surface area contributed by atoms with Crippen LogP contribution in [0.5, 0.6) is 0 Å². The Kier molecular flexibility index (Phi) is 5.57. The molecule has 0 aliphatic rings. The molecule has 2 N–H and O–H groups in total. The van der Waals surface area contributed by atoms with Crippen LogP contribution in [0, 0.1) is 0 Å². The lowest BCUT2D eigenvalue weighted by Crippen LogP contribution is -2.10. The van der Waals surface area contributed by atoms with Crippen LogP contribution in [-0.4, -0.2) is 16.8 Å². The van der Waals surface area contributed by atoms with E-state index in [4.69, 9.17) is 8.83 Å². The summed E-state index contributed by atoms with van der Waals surface area (Å²) in [4.78, 5) is 28.9. The molecular weight excluding hydrogens is 438 g/mol. The van der Waals surface area contributed by atoms with Crippen molar-refractivity contribution < 1.29 is 18.4 Å². The Morgan fingerprint density at radius 1 is 0.939 bits per heavy atom. The van der Waals surface area contributed by atoms with E-state index in [0.29, 0.717) is 22.1 Å². The predicted octanol–water partition coefficient (Wildman–Crippen LogP) is 6.05. The van der Waals surface area contributed by atoms with Gasteiger partial charge in [0.25, 0.3) is 5.91 Å². The van der Waals surface area contributed by atoms with Gasteiger partial charge in [0.05, 0.1) is 16.5 Å². The standard InChI is InChI=1S/C25H17N3O4S/c29-23(13-10-18-9-12-20(32-18)16-5-2-1-3-6-16)26-17-8-11-19-22(15-17)33-25(27-19)28-24(30)21-7-4-14-31-21/h1-15H,(H,26,29)(H,27,28,30)/b13-10+. The number of rotatable bonds is 6. The number of carbonyl (C=O) groups excluding carboxylic acids is 2. The molecule has 33 heavy (non-hydrogen) atoms. The molecule has 5 aromatic rings. The van der Waals surface area contributed by atoms with E-state index >= 15 is 0 Å². The van der Waals surface area contributed by atoms with Crippen molar-refractivity contribution >= 4 is 50.3 Å². The largest absolute Gasteiger partial charge is 0.459 e. The summed E-state index contributed by atoms with van der Waals surface area (Å²) in [5.41, 5.74) is 2.31. The maximum absolute atomic E-state index is 12.4.